The van der Waals surface area contributed by atoms with E-state index in [2.05, 4.69) is 12.6 Å². The zero-order valence-corrected chi connectivity index (χ0v) is 5.94. The van der Waals surface area contributed by atoms with Crippen LogP contribution in [0, 0.1) is 0 Å². The third-order valence-electron chi connectivity index (χ3n) is 1.14. The summed E-state index contributed by atoms with van der Waals surface area (Å²) in [5.41, 5.74) is 6.29. The van der Waals surface area contributed by atoms with Crippen molar-refractivity contribution in [1.29, 1.82) is 0 Å². The molecular formula is C7H9NS. The van der Waals surface area contributed by atoms with E-state index in [1.807, 2.05) is 24.3 Å². The Morgan fingerprint density at radius 3 is 2.78 bits per heavy atom. The molecule has 2 N–H and O–H groups in total. The molecule has 2 heteroatoms. The summed E-state index contributed by atoms with van der Waals surface area (Å²) in [4.78, 5) is 0.851. The monoisotopic (exact) mass is 139 g/mol. The third kappa shape index (κ3) is 1.64. The molecule has 1 nitrogen and oxygen atoms in total. The molecule has 0 unspecified atom stereocenters. The van der Waals surface area contributed by atoms with E-state index in [1.54, 1.807) is 0 Å². The van der Waals surface area contributed by atoms with Crippen molar-refractivity contribution in [3.8, 4) is 0 Å². The number of allylic oxidation sites excluding steroid dienone is 4. The summed E-state index contributed by atoms with van der Waals surface area (Å²) in [6.07, 6.45) is 8.78. The van der Waals surface area contributed by atoms with Crippen LogP contribution in [0.5, 0.6) is 0 Å². The summed E-state index contributed by atoms with van der Waals surface area (Å²) in [7, 11) is 0. The molecule has 48 valence electrons. The van der Waals surface area contributed by atoms with E-state index >= 15 is 0 Å². The molecule has 0 atom stereocenters. The van der Waals surface area contributed by atoms with Crippen LogP contribution in [0.1, 0.15) is 6.42 Å². The van der Waals surface area contributed by atoms with E-state index < -0.39 is 0 Å². The molecule has 0 radical (unpaired) electrons. The Hall–Kier alpha value is -0.630. The van der Waals surface area contributed by atoms with Crippen molar-refractivity contribution in [2.24, 2.45) is 5.73 Å². The number of hydrogen-bond acceptors (Lipinski definition) is 2. The fourth-order valence-electron chi connectivity index (χ4n) is 0.635. The van der Waals surface area contributed by atoms with Gasteiger partial charge in [-0.1, -0.05) is 18.2 Å². The van der Waals surface area contributed by atoms with Gasteiger partial charge < -0.3 is 5.73 Å². The van der Waals surface area contributed by atoms with Gasteiger partial charge in [0, 0.05) is 10.6 Å². The average molecular weight is 139 g/mol. The molecule has 0 spiro atoms. The summed E-state index contributed by atoms with van der Waals surface area (Å²) in [5.74, 6) is 0. The normalized spacial score (nSPS) is 18.3. The molecule has 0 aromatic carbocycles. The van der Waals surface area contributed by atoms with Gasteiger partial charge in [0.25, 0.3) is 0 Å². The lowest BCUT2D eigenvalue weighted by Gasteiger charge is -1.91. The Kier molecular flexibility index (Phi) is 2.01. The van der Waals surface area contributed by atoms with E-state index in [4.69, 9.17) is 5.73 Å². The maximum absolute atomic E-state index is 5.54. The van der Waals surface area contributed by atoms with Crippen LogP contribution >= 0.6 is 12.6 Å². The Morgan fingerprint density at radius 1 is 1.33 bits per heavy atom. The molecule has 0 saturated carbocycles. The van der Waals surface area contributed by atoms with Crippen LogP contribution in [-0.2, 0) is 0 Å². The summed E-state index contributed by atoms with van der Waals surface area (Å²) < 4.78 is 0. The molecule has 0 fully saturated rings. The maximum atomic E-state index is 5.54. The van der Waals surface area contributed by atoms with Gasteiger partial charge in [0.2, 0.25) is 0 Å². The zero-order valence-electron chi connectivity index (χ0n) is 5.04. The van der Waals surface area contributed by atoms with Crippen molar-refractivity contribution < 1.29 is 0 Å². The number of hydrogen-bond donors (Lipinski definition) is 2. The van der Waals surface area contributed by atoms with Crippen molar-refractivity contribution >= 4 is 12.6 Å². The first-order valence-corrected chi connectivity index (χ1v) is 3.27. The van der Waals surface area contributed by atoms with E-state index in [-0.39, 0.29) is 0 Å². The lowest BCUT2D eigenvalue weighted by molar-refractivity contribution is 1.38. The van der Waals surface area contributed by atoms with Gasteiger partial charge in [-0.25, -0.2) is 0 Å². The SMILES string of the molecule is NC1=C(S)C=CCC=C1. The van der Waals surface area contributed by atoms with E-state index in [1.165, 1.54) is 0 Å². The molecule has 0 aliphatic heterocycles. The lowest BCUT2D eigenvalue weighted by Crippen LogP contribution is -1.93. The van der Waals surface area contributed by atoms with Crippen LogP contribution < -0.4 is 5.73 Å². The van der Waals surface area contributed by atoms with Crippen LogP contribution in [0.3, 0.4) is 0 Å². The number of rotatable bonds is 0. The van der Waals surface area contributed by atoms with Gasteiger partial charge in [0.05, 0.1) is 0 Å². The maximum Gasteiger partial charge on any atom is 0.0446 e. The average Bonchev–Trinajstić information content (AvgIpc) is 1.99. The fraction of sp³-hybridized carbons (Fsp3) is 0.143. The van der Waals surface area contributed by atoms with Crippen LogP contribution in [0.15, 0.2) is 34.9 Å². The second-order valence-electron chi connectivity index (χ2n) is 1.88. The molecule has 0 saturated heterocycles. The smallest absolute Gasteiger partial charge is 0.0446 e. The van der Waals surface area contributed by atoms with Crippen molar-refractivity contribution in [2.75, 3.05) is 0 Å². The van der Waals surface area contributed by atoms with Gasteiger partial charge in [0.1, 0.15) is 0 Å². The predicted molar refractivity (Wildman–Crippen MR) is 43.1 cm³/mol. The van der Waals surface area contributed by atoms with Crippen molar-refractivity contribution in [3.63, 3.8) is 0 Å². The van der Waals surface area contributed by atoms with Crippen molar-refractivity contribution in [3.05, 3.63) is 34.9 Å². The second-order valence-corrected chi connectivity index (χ2v) is 2.36. The zero-order chi connectivity index (χ0) is 6.69. The Balaban J connectivity index is 2.90. The minimum atomic E-state index is 0.743. The molecule has 1 rings (SSSR count). The number of thiol groups is 1. The lowest BCUT2D eigenvalue weighted by atomic mass is 10.4. The largest absolute Gasteiger partial charge is 0.398 e. The Bertz CT molecular complexity index is 169. The minimum Gasteiger partial charge on any atom is -0.398 e. The predicted octanol–water partition coefficient (Wildman–Crippen LogP) is 1.60. The van der Waals surface area contributed by atoms with E-state index in [0.29, 0.717) is 0 Å². The van der Waals surface area contributed by atoms with Gasteiger partial charge in [-0.2, -0.15) is 0 Å². The first-order valence-electron chi connectivity index (χ1n) is 2.82. The highest BCUT2D eigenvalue weighted by molar-refractivity contribution is 7.84. The van der Waals surface area contributed by atoms with Crippen LogP contribution in [0.25, 0.3) is 0 Å². The molecule has 0 aromatic rings. The van der Waals surface area contributed by atoms with Gasteiger partial charge in [-0.15, -0.1) is 12.6 Å². The van der Waals surface area contributed by atoms with Crippen molar-refractivity contribution in [2.45, 2.75) is 6.42 Å². The molecule has 0 bridgehead atoms. The second kappa shape index (κ2) is 2.78. The summed E-state index contributed by atoms with van der Waals surface area (Å²) in [6, 6.07) is 0. The fourth-order valence-corrected chi connectivity index (χ4v) is 0.815. The summed E-state index contributed by atoms with van der Waals surface area (Å²) in [6.45, 7) is 0. The molecule has 1 aliphatic carbocycles. The van der Waals surface area contributed by atoms with Crippen molar-refractivity contribution in [1.82, 2.24) is 0 Å². The van der Waals surface area contributed by atoms with Crippen LogP contribution in [0.2, 0.25) is 0 Å². The standard InChI is InChI=1S/C7H9NS/c8-6-4-2-1-3-5-7(6)9/h2-5,9H,1,8H2. The molecule has 0 heterocycles. The van der Waals surface area contributed by atoms with Gasteiger partial charge in [-0.05, 0) is 12.5 Å². The van der Waals surface area contributed by atoms with Gasteiger partial charge in [0.15, 0.2) is 0 Å². The Labute approximate surface area is 60.3 Å². The molecule has 1 aliphatic rings. The Morgan fingerprint density at radius 2 is 2.00 bits per heavy atom. The van der Waals surface area contributed by atoms with Gasteiger partial charge in [-0.3, -0.25) is 0 Å². The van der Waals surface area contributed by atoms with Gasteiger partial charge >= 0.3 is 0 Å². The molecule has 0 aromatic heterocycles. The van der Waals surface area contributed by atoms with Crippen LogP contribution in [0.4, 0.5) is 0 Å². The molecule has 9 heavy (non-hydrogen) atoms. The summed E-state index contributed by atoms with van der Waals surface area (Å²) in [5, 5.41) is 0. The first-order chi connectivity index (χ1) is 4.30. The molecular weight excluding hydrogens is 130 g/mol. The third-order valence-corrected chi connectivity index (χ3v) is 1.55. The van der Waals surface area contributed by atoms with E-state index in [0.717, 1.165) is 17.0 Å². The highest BCUT2D eigenvalue weighted by atomic mass is 32.1. The van der Waals surface area contributed by atoms with Crippen LogP contribution in [-0.4, -0.2) is 0 Å². The minimum absolute atomic E-state index is 0.743. The topological polar surface area (TPSA) is 26.0 Å². The first kappa shape index (κ1) is 6.49. The molecule has 0 amide bonds. The highest BCUT2D eigenvalue weighted by Crippen LogP contribution is 2.11. The quantitative estimate of drug-likeness (QED) is 0.490. The van der Waals surface area contributed by atoms with E-state index in [9.17, 15) is 0 Å². The number of nitrogens with two attached hydrogens (primary N) is 1. The highest BCUT2D eigenvalue weighted by Gasteiger charge is 1.91. The summed E-state index contributed by atoms with van der Waals surface area (Å²) >= 11 is 4.14.